The lowest BCUT2D eigenvalue weighted by Crippen LogP contribution is -1.83. The summed E-state index contributed by atoms with van der Waals surface area (Å²) < 4.78 is 4.78. The molecule has 0 aliphatic heterocycles. The number of aromatic nitrogens is 1. The van der Waals surface area contributed by atoms with E-state index in [4.69, 9.17) is 10.5 Å². The number of nitrogens with two attached hydrogens (primary N) is 1. The highest BCUT2D eigenvalue weighted by Gasteiger charge is 1.84. The molecule has 66 valence electrons. The number of carbonyl (C=O) groups is 1. The number of carbonyl (C=O) groups excluding carboxylic acids is 1. The van der Waals surface area contributed by atoms with Crippen LogP contribution in [0.1, 0.15) is 0 Å². The third kappa shape index (κ3) is 5.67. The Hall–Kier alpha value is -1.10. The maximum atomic E-state index is 8.95. The van der Waals surface area contributed by atoms with E-state index in [2.05, 4.69) is 25.7 Å². The molecule has 0 amide bonds. The zero-order chi connectivity index (χ0) is 9.40. The summed E-state index contributed by atoms with van der Waals surface area (Å²) in [5.41, 5.74) is 6.05. The maximum Gasteiger partial charge on any atom is 0.292 e. The molecule has 0 fully saturated rings. The number of rotatable bonds is 1. The minimum absolute atomic E-state index is 0.375. The van der Waals surface area contributed by atoms with Gasteiger partial charge >= 0.3 is 0 Å². The minimum atomic E-state index is 0.375. The van der Waals surface area contributed by atoms with E-state index in [1.807, 2.05) is 0 Å². The van der Waals surface area contributed by atoms with E-state index < -0.39 is 0 Å². The molecule has 0 saturated heterocycles. The van der Waals surface area contributed by atoms with Gasteiger partial charge in [0.25, 0.3) is 6.47 Å². The first-order valence-electron chi connectivity index (χ1n) is 3.03. The number of hydrogen-bond acceptors (Lipinski definition) is 4. The van der Waals surface area contributed by atoms with Crippen molar-refractivity contribution in [3.05, 3.63) is 22.9 Å². The molecule has 1 aromatic heterocycles. The van der Waals surface area contributed by atoms with E-state index in [0.29, 0.717) is 12.2 Å². The summed E-state index contributed by atoms with van der Waals surface area (Å²) in [4.78, 5) is 12.8. The number of nitrogens with zero attached hydrogens (tertiary/aromatic N) is 1. The predicted molar refractivity (Wildman–Crippen MR) is 49.4 cm³/mol. The summed E-state index contributed by atoms with van der Waals surface area (Å²) in [5, 5.41) is 0. The molecule has 0 atom stereocenters. The first-order chi connectivity index (χ1) is 5.70. The zero-order valence-electron chi connectivity index (χ0n) is 6.53. The number of pyridine rings is 1. The minimum Gasteiger partial charge on any atom is -0.471 e. The average molecular weight is 233 g/mol. The lowest BCUT2D eigenvalue weighted by Gasteiger charge is -1.88. The molecule has 0 unspecified atom stereocenters. The van der Waals surface area contributed by atoms with Gasteiger partial charge in [-0.25, -0.2) is 0 Å². The van der Waals surface area contributed by atoms with Crippen LogP contribution in [-0.2, 0) is 9.53 Å². The van der Waals surface area contributed by atoms with Crippen LogP contribution in [0.3, 0.4) is 0 Å². The van der Waals surface area contributed by atoms with E-state index in [9.17, 15) is 0 Å². The normalized spacial score (nSPS) is 7.83. The Morgan fingerprint density at radius 2 is 2.25 bits per heavy atom. The van der Waals surface area contributed by atoms with E-state index >= 15 is 0 Å². The van der Waals surface area contributed by atoms with Crippen LogP contribution in [0.4, 0.5) is 5.69 Å². The van der Waals surface area contributed by atoms with Gasteiger partial charge in [-0.05, 0) is 22.0 Å². The van der Waals surface area contributed by atoms with Crippen LogP contribution in [0, 0.1) is 0 Å². The first kappa shape index (κ1) is 10.9. The van der Waals surface area contributed by atoms with Crippen LogP contribution in [-0.4, -0.2) is 18.6 Å². The smallest absolute Gasteiger partial charge is 0.292 e. The maximum absolute atomic E-state index is 8.95. The highest BCUT2D eigenvalue weighted by Crippen LogP contribution is 2.09. The molecule has 1 rings (SSSR count). The number of methoxy groups -OCH3 is 1. The largest absolute Gasteiger partial charge is 0.471 e. The van der Waals surface area contributed by atoms with Gasteiger partial charge in [-0.15, -0.1) is 0 Å². The molecule has 4 nitrogen and oxygen atoms in total. The van der Waals surface area contributed by atoms with Gasteiger partial charge in [0.1, 0.15) is 0 Å². The Morgan fingerprint density at radius 3 is 2.50 bits per heavy atom. The molecule has 0 aromatic carbocycles. The zero-order valence-corrected chi connectivity index (χ0v) is 8.11. The molecule has 0 radical (unpaired) electrons. The molecular weight excluding hydrogens is 224 g/mol. The summed E-state index contributed by atoms with van der Waals surface area (Å²) in [6, 6.07) is 1.80. The van der Waals surface area contributed by atoms with E-state index in [-0.39, 0.29) is 0 Å². The van der Waals surface area contributed by atoms with Crippen molar-refractivity contribution >= 4 is 28.1 Å². The Morgan fingerprint density at radius 1 is 1.67 bits per heavy atom. The van der Waals surface area contributed by atoms with Crippen molar-refractivity contribution < 1.29 is 9.53 Å². The van der Waals surface area contributed by atoms with Crippen molar-refractivity contribution in [1.82, 2.24) is 4.98 Å². The lowest BCUT2D eigenvalue weighted by molar-refractivity contribution is -0.126. The van der Waals surface area contributed by atoms with Gasteiger partial charge < -0.3 is 10.5 Å². The summed E-state index contributed by atoms with van der Waals surface area (Å²) in [6.07, 6.45) is 3.29. The molecule has 2 N–H and O–H groups in total. The Balaban J connectivity index is 0.000000261. The Kier molecular flexibility index (Phi) is 6.00. The van der Waals surface area contributed by atoms with Crippen molar-refractivity contribution in [3.8, 4) is 0 Å². The van der Waals surface area contributed by atoms with Crippen molar-refractivity contribution in [1.29, 1.82) is 0 Å². The Labute approximate surface area is 78.9 Å². The second-order valence-electron chi connectivity index (χ2n) is 1.77. The Bertz CT molecular complexity index is 225. The SMILES string of the molecule is COC=O.Nc1cncc(Br)c1. The van der Waals surface area contributed by atoms with Crippen molar-refractivity contribution in [3.63, 3.8) is 0 Å². The van der Waals surface area contributed by atoms with Gasteiger partial charge in [-0.1, -0.05) is 0 Å². The third-order valence-electron chi connectivity index (χ3n) is 0.822. The fourth-order valence-electron chi connectivity index (χ4n) is 0.428. The highest BCUT2D eigenvalue weighted by atomic mass is 79.9. The van der Waals surface area contributed by atoms with Gasteiger partial charge in [0.05, 0.1) is 12.8 Å². The van der Waals surface area contributed by atoms with Crippen LogP contribution >= 0.6 is 15.9 Å². The lowest BCUT2D eigenvalue weighted by atomic mass is 10.4. The average Bonchev–Trinajstić information content (AvgIpc) is 2.04. The van der Waals surface area contributed by atoms with E-state index in [0.717, 1.165) is 4.47 Å². The van der Waals surface area contributed by atoms with Crippen LogP contribution in [0.5, 0.6) is 0 Å². The second-order valence-corrected chi connectivity index (χ2v) is 2.68. The summed E-state index contributed by atoms with van der Waals surface area (Å²) in [7, 11) is 1.31. The van der Waals surface area contributed by atoms with Crippen molar-refractivity contribution in [2.24, 2.45) is 0 Å². The topological polar surface area (TPSA) is 65.2 Å². The molecule has 1 aromatic rings. The highest BCUT2D eigenvalue weighted by molar-refractivity contribution is 9.10. The van der Waals surface area contributed by atoms with Crippen LogP contribution in [0.15, 0.2) is 22.9 Å². The van der Waals surface area contributed by atoms with Gasteiger partial charge in [-0.3, -0.25) is 9.78 Å². The van der Waals surface area contributed by atoms with Crippen molar-refractivity contribution in [2.45, 2.75) is 0 Å². The quantitative estimate of drug-likeness (QED) is 0.740. The van der Waals surface area contributed by atoms with Gasteiger partial charge in [0, 0.05) is 16.9 Å². The number of ether oxygens (including phenoxy) is 1. The summed E-state index contributed by atoms with van der Waals surface area (Å²) >= 11 is 3.22. The molecular formula is C7H9BrN2O2. The van der Waals surface area contributed by atoms with Crippen molar-refractivity contribution in [2.75, 3.05) is 12.8 Å². The van der Waals surface area contributed by atoms with Crippen LogP contribution < -0.4 is 5.73 Å². The number of hydrogen-bond donors (Lipinski definition) is 1. The predicted octanol–water partition coefficient (Wildman–Crippen LogP) is 1.22. The molecule has 0 bridgehead atoms. The van der Waals surface area contributed by atoms with E-state index in [1.54, 1.807) is 18.5 Å². The van der Waals surface area contributed by atoms with Gasteiger partial charge in [0.15, 0.2) is 0 Å². The number of anilines is 1. The molecule has 12 heavy (non-hydrogen) atoms. The monoisotopic (exact) mass is 232 g/mol. The fraction of sp³-hybridized carbons (Fsp3) is 0.143. The fourth-order valence-corrected chi connectivity index (χ4v) is 0.811. The van der Waals surface area contributed by atoms with E-state index in [1.165, 1.54) is 7.11 Å². The van der Waals surface area contributed by atoms with Crippen LogP contribution in [0.2, 0.25) is 0 Å². The first-order valence-corrected chi connectivity index (χ1v) is 3.82. The summed E-state index contributed by atoms with van der Waals surface area (Å²) in [5.74, 6) is 0. The molecule has 0 aliphatic carbocycles. The molecule has 0 aliphatic rings. The second kappa shape index (κ2) is 6.60. The third-order valence-corrected chi connectivity index (χ3v) is 1.26. The number of halogens is 1. The number of nitrogen functional groups attached to an aromatic ring is 1. The molecule has 0 spiro atoms. The molecule has 0 saturated carbocycles. The summed E-state index contributed by atoms with van der Waals surface area (Å²) in [6.45, 7) is 0.375. The molecule has 5 heteroatoms. The van der Waals surface area contributed by atoms with Gasteiger partial charge in [-0.2, -0.15) is 0 Å². The van der Waals surface area contributed by atoms with Gasteiger partial charge in [0.2, 0.25) is 0 Å². The molecule has 1 heterocycles. The van der Waals surface area contributed by atoms with Crippen LogP contribution in [0.25, 0.3) is 0 Å². The standard InChI is InChI=1S/C5H5BrN2.C2H4O2/c6-4-1-5(7)3-8-2-4;1-4-2-3/h1-3H,7H2;2H,1H3.